The summed E-state index contributed by atoms with van der Waals surface area (Å²) < 4.78 is 28.9. The van der Waals surface area contributed by atoms with Crippen LogP contribution in [-0.2, 0) is 33.1 Å². The fraction of sp³-hybridized carbons (Fsp3) is 0.897. The van der Waals surface area contributed by atoms with Gasteiger partial charge in [0, 0.05) is 26.0 Å². The molecule has 0 unspecified atom stereocenters. The van der Waals surface area contributed by atoms with E-state index in [0.29, 0.717) is 50.9 Å². The quantitative estimate of drug-likeness (QED) is 0.0448. The van der Waals surface area contributed by atoms with E-state index >= 15 is 0 Å². The number of rotatable bonds is 20. The van der Waals surface area contributed by atoms with E-state index in [1.807, 2.05) is 0 Å². The predicted octanol–water partition coefficient (Wildman–Crippen LogP) is 1.92. The molecule has 1 aliphatic heterocycles. The number of hydrogen-bond acceptors (Lipinski definition) is 10. The molecule has 0 spiro atoms. The molecule has 6 atom stereocenters. The number of carbonyl (C=O) groups is 2. The maximum atomic E-state index is 13.7. The van der Waals surface area contributed by atoms with Gasteiger partial charge < -0.3 is 34.6 Å². The highest BCUT2D eigenvalue weighted by Crippen LogP contribution is 2.65. The molecule has 4 N–H and O–H groups in total. The second kappa shape index (κ2) is 16.3. The SMILES string of the molecule is COCCOCCOCC(=O)C[C@@H](CCCN=C(N)N[N+](=O)[O-])C(=O)N[C@@H](CC(C)C)B1O[C@@H]2C[C@@H]3C[C@@H](C3(C)C)[C@]2(C)O1. The number of nitrogens with two attached hydrogens (primary N) is 1. The smallest absolute Gasteiger partial charge is 0.404 e. The van der Waals surface area contributed by atoms with Crippen LogP contribution >= 0.6 is 0 Å². The molecule has 15 heteroatoms. The van der Waals surface area contributed by atoms with E-state index in [1.165, 1.54) is 0 Å². The van der Waals surface area contributed by atoms with Crippen LogP contribution in [0, 0.1) is 39.2 Å². The Morgan fingerprint density at radius 2 is 1.86 bits per heavy atom. The molecule has 4 aliphatic rings. The van der Waals surface area contributed by atoms with Gasteiger partial charge in [-0.1, -0.05) is 33.1 Å². The lowest BCUT2D eigenvalue weighted by molar-refractivity contribution is -0.525. The third-order valence-corrected chi connectivity index (χ3v) is 9.46. The van der Waals surface area contributed by atoms with Crippen molar-refractivity contribution < 1.29 is 38.1 Å². The highest BCUT2D eigenvalue weighted by Gasteiger charge is 2.68. The van der Waals surface area contributed by atoms with Gasteiger partial charge in [0.1, 0.15) is 6.61 Å². The molecule has 0 aromatic carbocycles. The predicted molar refractivity (Wildman–Crippen MR) is 164 cm³/mol. The average molecular weight is 626 g/mol. The summed E-state index contributed by atoms with van der Waals surface area (Å²) >= 11 is 0. The van der Waals surface area contributed by atoms with Crippen molar-refractivity contribution in [3.05, 3.63) is 10.1 Å². The van der Waals surface area contributed by atoms with Gasteiger partial charge in [0.15, 0.2) is 10.8 Å². The number of ether oxygens (including phenoxy) is 3. The Labute approximate surface area is 261 Å². The molecular formula is C29H52BN5O9. The summed E-state index contributed by atoms with van der Waals surface area (Å²) in [7, 11) is 1.01. The molecule has 4 fully saturated rings. The Hall–Kier alpha value is -2.33. The largest absolute Gasteiger partial charge is 0.481 e. The number of nitrogens with zero attached hydrogens (tertiary/aromatic N) is 2. The lowest BCUT2D eigenvalue weighted by Crippen LogP contribution is -2.65. The third-order valence-electron chi connectivity index (χ3n) is 9.46. The monoisotopic (exact) mass is 625 g/mol. The molecule has 44 heavy (non-hydrogen) atoms. The first-order valence-corrected chi connectivity index (χ1v) is 15.8. The van der Waals surface area contributed by atoms with Crippen LogP contribution in [0.1, 0.15) is 73.1 Å². The van der Waals surface area contributed by atoms with Crippen LogP contribution in [0.2, 0.25) is 0 Å². The van der Waals surface area contributed by atoms with E-state index in [2.05, 4.69) is 44.9 Å². The molecule has 4 rings (SSSR count). The molecule has 1 heterocycles. The van der Waals surface area contributed by atoms with Gasteiger partial charge in [-0.2, -0.15) is 0 Å². The van der Waals surface area contributed by atoms with E-state index in [9.17, 15) is 19.7 Å². The number of nitro groups is 1. The number of carbonyl (C=O) groups excluding carboxylic acids is 2. The summed E-state index contributed by atoms with van der Waals surface area (Å²) in [4.78, 5) is 41.1. The minimum absolute atomic E-state index is 0.0139. The van der Waals surface area contributed by atoms with E-state index in [4.69, 9.17) is 29.3 Å². The van der Waals surface area contributed by atoms with Gasteiger partial charge in [0.2, 0.25) is 5.91 Å². The summed E-state index contributed by atoms with van der Waals surface area (Å²) in [6.07, 6.45) is 3.41. The maximum absolute atomic E-state index is 13.7. The molecule has 14 nitrogen and oxygen atoms in total. The minimum atomic E-state index is -0.792. The third kappa shape index (κ3) is 9.59. The number of guanidine groups is 1. The number of Topliss-reactive ketones (excluding diaryl/α,β-unsaturated/α-hetero) is 1. The van der Waals surface area contributed by atoms with E-state index in [1.54, 1.807) is 12.5 Å². The van der Waals surface area contributed by atoms with Crippen LogP contribution in [0.15, 0.2) is 4.99 Å². The van der Waals surface area contributed by atoms with Crippen LogP contribution in [0.25, 0.3) is 0 Å². The Bertz CT molecular complexity index is 1020. The fourth-order valence-corrected chi connectivity index (χ4v) is 6.99. The van der Waals surface area contributed by atoms with E-state index in [-0.39, 0.29) is 67.2 Å². The maximum Gasteiger partial charge on any atom is 0.481 e. The first kappa shape index (κ1) is 36.1. The molecule has 0 aromatic rings. The van der Waals surface area contributed by atoms with Crippen LogP contribution in [0.3, 0.4) is 0 Å². The Balaban J connectivity index is 1.63. The van der Waals surface area contributed by atoms with Gasteiger partial charge in [-0.3, -0.25) is 9.59 Å². The standard InChI is InChI=1S/C29H52BN5O9/c1-19(2)14-25(30-43-24-17-21-16-23(28(21,3)4)29(24,5)44-30)33-26(37)20(8-7-9-32-27(31)34-35(38)39)15-22(36)18-42-13-12-41-11-10-40-6/h19-21,23-25H,7-18H2,1-6H3,(H,33,37)(H3,31,32,34)/t20-,21+,23+,24-,25+,29+/m1/s1. The van der Waals surface area contributed by atoms with Gasteiger partial charge in [0.25, 0.3) is 5.96 Å². The van der Waals surface area contributed by atoms with Gasteiger partial charge in [0.05, 0.1) is 44.1 Å². The normalized spacial score (nSPS) is 26.9. The molecule has 3 aliphatic carbocycles. The number of ketones is 1. The van der Waals surface area contributed by atoms with Crippen LogP contribution < -0.4 is 16.5 Å². The number of methoxy groups -OCH3 is 1. The van der Waals surface area contributed by atoms with Gasteiger partial charge >= 0.3 is 7.12 Å². The van der Waals surface area contributed by atoms with Crippen LogP contribution in [-0.4, -0.2) is 94.1 Å². The second-order valence-electron chi connectivity index (χ2n) is 13.5. The number of amides is 1. The Kier molecular flexibility index (Phi) is 13.4. The highest BCUT2D eigenvalue weighted by atomic mass is 16.7. The lowest BCUT2D eigenvalue weighted by atomic mass is 9.43. The Morgan fingerprint density at radius 3 is 2.52 bits per heavy atom. The first-order valence-electron chi connectivity index (χ1n) is 15.8. The van der Waals surface area contributed by atoms with Crippen LogP contribution in [0.4, 0.5) is 0 Å². The van der Waals surface area contributed by atoms with Gasteiger partial charge in [-0.15, -0.1) is 0 Å². The van der Waals surface area contributed by atoms with Crippen molar-refractivity contribution >= 4 is 24.8 Å². The topological polar surface area (TPSA) is 186 Å². The number of hydrogen-bond donors (Lipinski definition) is 3. The van der Waals surface area contributed by atoms with Crippen molar-refractivity contribution in [3.63, 3.8) is 0 Å². The molecule has 250 valence electrons. The molecule has 3 saturated carbocycles. The van der Waals surface area contributed by atoms with Crippen molar-refractivity contribution in [2.24, 2.45) is 39.8 Å². The summed E-state index contributed by atoms with van der Waals surface area (Å²) in [5.74, 6) is -0.592. The van der Waals surface area contributed by atoms with E-state index < -0.39 is 23.7 Å². The van der Waals surface area contributed by atoms with Crippen molar-refractivity contribution in [1.82, 2.24) is 10.7 Å². The highest BCUT2D eigenvalue weighted by molar-refractivity contribution is 6.47. The van der Waals surface area contributed by atoms with Crippen molar-refractivity contribution in [2.45, 2.75) is 90.8 Å². The summed E-state index contributed by atoms with van der Waals surface area (Å²) in [6.45, 7) is 12.4. The minimum Gasteiger partial charge on any atom is -0.404 e. The lowest BCUT2D eigenvalue weighted by Gasteiger charge is -2.64. The summed E-state index contributed by atoms with van der Waals surface area (Å²) in [5.41, 5.74) is 7.10. The zero-order valence-electron chi connectivity index (χ0n) is 27.2. The number of nitrogens with one attached hydrogen (secondary N) is 2. The molecule has 2 bridgehead atoms. The van der Waals surface area contributed by atoms with Crippen molar-refractivity contribution in [2.75, 3.05) is 46.7 Å². The molecule has 1 saturated heterocycles. The Morgan fingerprint density at radius 1 is 1.16 bits per heavy atom. The molecule has 0 radical (unpaired) electrons. The zero-order valence-corrected chi connectivity index (χ0v) is 27.2. The second-order valence-corrected chi connectivity index (χ2v) is 13.5. The van der Waals surface area contributed by atoms with Crippen LogP contribution in [0.5, 0.6) is 0 Å². The first-order chi connectivity index (χ1) is 20.8. The molecule has 0 aromatic heterocycles. The number of hydrazine groups is 1. The van der Waals surface area contributed by atoms with Crippen molar-refractivity contribution in [3.8, 4) is 0 Å². The summed E-state index contributed by atoms with van der Waals surface area (Å²) in [5, 5.41) is 13.0. The zero-order chi connectivity index (χ0) is 32.5. The molecular weight excluding hydrogens is 573 g/mol. The molecule has 1 amide bonds. The van der Waals surface area contributed by atoms with Gasteiger partial charge in [-0.25, -0.2) is 15.1 Å². The fourth-order valence-electron chi connectivity index (χ4n) is 6.99. The number of aliphatic imine (C=N–C) groups is 1. The summed E-state index contributed by atoms with van der Waals surface area (Å²) in [6, 6.07) is 0. The average Bonchev–Trinajstić information content (AvgIpc) is 3.30. The van der Waals surface area contributed by atoms with Crippen molar-refractivity contribution in [1.29, 1.82) is 0 Å². The van der Waals surface area contributed by atoms with E-state index in [0.717, 1.165) is 12.8 Å². The van der Waals surface area contributed by atoms with Gasteiger partial charge in [-0.05, 0) is 62.2 Å².